The number of nitrogens with one attached hydrogen (secondary N) is 2. The van der Waals surface area contributed by atoms with Crippen LogP contribution in [0.3, 0.4) is 0 Å². The van der Waals surface area contributed by atoms with Gasteiger partial charge in [-0.05, 0) is 30.5 Å². The Bertz CT molecular complexity index is 514. The Balaban J connectivity index is 0.00000484. The van der Waals surface area contributed by atoms with Gasteiger partial charge in [0.05, 0.1) is 0 Å². The number of amides is 1. The van der Waals surface area contributed by atoms with Gasteiger partial charge in [-0.1, -0.05) is 18.2 Å². The van der Waals surface area contributed by atoms with Gasteiger partial charge in [-0.3, -0.25) is 9.79 Å². The molecule has 1 aromatic carbocycles. The predicted octanol–water partition coefficient (Wildman–Crippen LogP) is 2.64. The van der Waals surface area contributed by atoms with Crippen LogP contribution in [0.15, 0.2) is 41.9 Å². The second-order valence-corrected chi connectivity index (χ2v) is 5.03. The molecule has 128 valence electrons. The number of guanidine groups is 1. The number of halogens is 1. The molecule has 0 bridgehead atoms. The van der Waals surface area contributed by atoms with Crippen molar-refractivity contribution in [2.45, 2.75) is 19.4 Å². The van der Waals surface area contributed by atoms with Crippen molar-refractivity contribution < 1.29 is 4.79 Å². The summed E-state index contributed by atoms with van der Waals surface area (Å²) < 4.78 is 0. The fourth-order valence-corrected chi connectivity index (χ4v) is 2.06. The van der Waals surface area contributed by atoms with Crippen LogP contribution >= 0.6 is 24.0 Å². The lowest BCUT2D eigenvalue weighted by molar-refractivity contribution is 0.0963. The highest BCUT2D eigenvalue weighted by molar-refractivity contribution is 14.0. The van der Waals surface area contributed by atoms with Crippen LogP contribution in [0.5, 0.6) is 0 Å². The number of hydrogen-bond donors (Lipinski definition) is 2. The summed E-state index contributed by atoms with van der Waals surface area (Å²) in [5.74, 6) is 0.789. The van der Waals surface area contributed by atoms with E-state index in [2.05, 4.69) is 27.1 Å². The third-order valence-electron chi connectivity index (χ3n) is 3.37. The van der Waals surface area contributed by atoms with E-state index in [1.165, 1.54) is 0 Å². The summed E-state index contributed by atoms with van der Waals surface area (Å²) in [5.41, 5.74) is 1.77. The molecule has 0 aliphatic heterocycles. The molecule has 0 saturated carbocycles. The van der Waals surface area contributed by atoms with Crippen molar-refractivity contribution in [3.8, 4) is 0 Å². The van der Waals surface area contributed by atoms with Crippen molar-refractivity contribution in [3.05, 3.63) is 48.0 Å². The zero-order valence-electron chi connectivity index (χ0n) is 14.1. The first kappa shape index (κ1) is 21.4. The van der Waals surface area contributed by atoms with E-state index in [0.717, 1.165) is 30.9 Å². The number of rotatable bonds is 7. The number of carbonyl (C=O) groups excluding carboxylic acids is 1. The summed E-state index contributed by atoms with van der Waals surface area (Å²) in [6.45, 7) is 5.34. The Morgan fingerprint density at radius 1 is 1.35 bits per heavy atom. The second kappa shape index (κ2) is 11.9. The Morgan fingerprint density at radius 3 is 2.52 bits per heavy atom. The fraction of sp³-hybridized carbons (Fsp3) is 0.412. The quantitative estimate of drug-likeness (QED) is 0.230. The minimum absolute atomic E-state index is 0. The van der Waals surface area contributed by atoms with Crippen molar-refractivity contribution in [2.75, 3.05) is 27.7 Å². The van der Waals surface area contributed by atoms with Crippen LogP contribution < -0.4 is 10.6 Å². The maximum Gasteiger partial charge on any atom is 0.251 e. The molecule has 0 aromatic heterocycles. The van der Waals surface area contributed by atoms with Gasteiger partial charge in [0.15, 0.2) is 5.96 Å². The first-order chi connectivity index (χ1) is 10.6. The van der Waals surface area contributed by atoms with Crippen LogP contribution in [-0.4, -0.2) is 44.5 Å². The van der Waals surface area contributed by atoms with E-state index in [9.17, 15) is 4.79 Å². The van der Waals surface area contributed by atoms with E-state index < -0.39 is 0 Å². The number of aliphatic imine (C=N–C) groups is 1. The molecular formula is C17H27IN4O. The molecule has 6 heteroatoms. The largest absolute Gasteiger partial charge is 0.355 e. The first-order valence-electron chi connectivity index (χ1n) is 7.46. The molecule has 0 unspecified atom stereocenters. The van der Waals surface area contributed by atoms with Crippen LogP contribution in [0.1, 0.15) is 28.8 Å². The number of benzene rings is 1. The van der Waals surface area contributed by atoms with Gasteiger partial charge >= 0.3 is 0 Å². The third-order valence-corrected chi connectivity index (χ3v) is 3.37. The SMILES string of the molecule is C=CCCCN(C)C(=NC)NCc1ccc(C(=O)NC)cc1.I. The summed E-state index contributed by atoms with van der Waals surface area (Å²) in [6, 6.07) is 7.55. The first-order valence-corrected chi connectivity index (χ1v) is 7.46. The molecule has 1 rings (SSSR count). The van der Waals surface area contributed by atoms with Crippen LogP contribution in [0.2, 0.25) is 0 Å². The standard InChI is InChI=1S/C17H26N4O.HI/c1-5-6-7-12-21(4)17(19-3)20-13-14-8-10-15(11-9-14)16(22)18-2;/h5,8-11H,1,6-7,12-13H2,2-4H3,(H,18,22)(H,19,20);1H. The van der Waals surface area contributed by atoms with E-state index >= 15 is 0 Å². The number of hydrogen-bond acceptors (Lipinski definition) is 2. The van der Waals surface area contributed by atoms with Gasteiger partial charge in [-0.2, -0.15) is 0 Å². The van der Waals surface area contributed by atoms with Crippen LogP contribution in [0, 0.1) is 0 Å². The third kappa shape index (κ3) is 7.49. The summed E-state index contributed by atoms with van der Waals surface area (Å²) in [4.78, 5) is 17.9. The molecule has 1 amide bonds. The molecule has 0 heterocycles. The average Bonchev–Trinajstić information content (AvgIpc) is 2.55. The van der Waals surface area contributed by atoms with Crippen molar-refractivity contribution in [1.29, 1.82) is 0 Å². The molecule has 0 atom stereocenters. The lowest BCUT2D eigenvalue weighted by Crippen LogP contribution is -2.38. The van der Waals surface area contributed by atoms with E-state index in [1.54, 1.807) is 14.1 Å². The number of carbonyl (C=O) groups is 1. The van der Waals surface area contributed by atoms with Crippen LogP contribution in [-0.2, 0) is 6.54 Å². The minimum atomic E-state index is -0.0720. The molecule has 1 aromatic rings. The van der Waals surface area contributed by atoms with E-state index in [-0.39, 0.29) is 29.9 Å². The molecule has 0 aliphatic rings. The molecule has 0 fully saturated rings. The van der Waals surface area contributed by atoms with Gasteiger partial charge in [0, 0.05) is 39.8 Å². The molecule has 0 radical (unpaired) electrons. The van der Waals surface area contributed by atoms with E-state index in [4.69, 9.17) is 0 Å². The van der Waals surface area contributed by atoms with Gasteiger partial charge in [0.25, 0.3) is 5.91 Å². The number of nitrogens with zero attached hydrogens (tertiary/aromatic N) is 2. The topological polar surface area (TPSA) is 56.7 Å². The predicted molar refractivity (Wildman–Crippen MR) is 108 cm³/mol. The van der Waals surface area contributed by atoms with Crippen molar-refractivity contribution in [2.24, 2.45) is 4.99 Å². The molecule has 0 saturated heterocycles. The van der Waals surface area contributed by atoms with Crippen molar-refractivity contribution in [3.63, 3.8) is 0 Å². The molecule has 2 N–H and O–H groups in total. The number of unbranched alkanes of at least 4 members (excludes halogenated alkanes) is 1. The lowest BCUT2D eigenvalue weighted by Gasteiger charge is -2.21. The van der Waals surface area contributed by atoms with Gasteiger partial charge in [-0.15, -0.1) is 30.6 Å². The smallest absolute Gasteiger partial charge is 0.251 e. The number of allylic oxidation sites excluding steroid dienone is 1. The lowest BCUT2D eigenvalue weighted by atomic mass is 10.1. The van der Waals surface area contributed by atoms with Gasteiger partial charge in [0.2, 0.25) is 0 Å². The van der Waals surface area contributed by atoms with Gasteiger partial charge in [-0.25, -0.2) is 0 Å². The van der Waals surface area contributed by atoms with Crippen LogP contribution in [0.25, 0.3) is 0 Å². The van der Waals surface area contributed by atoms with E-state index in [0.29, 0.717) is 12.1 Å². The van der Waals surface area contributed by atoms with Crippen molar-refractivity contribution in [1.82, 2.24) is 15.5 Å². The summed E-state index contributed by atoms with van der Waals surface area (Å²) >= 11 is 0. The summed E-state index contributed by atoms with van der Waals surface area (Å²) in [7, 11) is 5.43. The monoisotopic (exact) mass is 430 g/mol. The van der Waals surface area contributed by atoms with Crippen LogP contribution in [0.4, 0.5) is 0 Å². The van der Waals surface area contributed by atoms with E-state index in [1.807, 2.05) is 37.4 Å². The highest BCUT2D eigenvalue weighted by atomic mass is 127. The highest BCUT2D eigenvalue weighted by Gasteiger charge is 2.06. The molecule has 0 aliphatic carbocycles. The van der Waals surface area contributed by atoms with Gasteiger partial charge in [0.1, 0.15) is 0 Å². The molecule has 0 spiro atoms. The Hall–Kier alpha value is -1.57. The molecular weight excluding hydrogens is 403 g/mol. The van der Waals surface area contributed by atoms with Crippen molar-refractivity contribution >= 4 is 35.8 Å². The Labute approximate surface area is 156 Å². The summed E-state index contributed by atoms with van der Waals surface area (Å²) in [5, 5.41) is 5.94. The zero-order valence-corrected chi connectivity index (χ0v) is 16.5. The molecule has 23 heavy (non-hydrogen) atoms. The van der Waals surface area contributed by atoms with Gasteiger partial charge < -0.3 is 15.5 Å². The zero-order chi connectivity index (χ0) is 16.4. The normalized spacial score (nSPS) is 10.5. The maximum absolute atomic E-state index is 11.5. The Morgan fingerprint density at radius 2 is 2.00 bits per heavy atom. The Kier molecular flexibility index (Phi) is 11.1. The maximum atomic E-state index is 11.5. The second-order valence-electron chi connectivity index (χ2n) is 5.03. The minimum Gasteiger partial charge on any atom is -0.355 e. The molecule has 5 nitrogen and oxygen atoms in total. The summed E-state index contributed by atoms with van der Waals surface area (Å²) in [6.07, 6.45) is 3.99. The average molecular weight is 430 g/mol. The highest BCUT2D eigenvalue weighted by Crippen LogP contribution is 2.04. The fourth-order valence-electron chi connectivity index (χ4n) is 2.06.